The highest BCUT2D eigenvalue weighted by Crippen LogP contribution is 2.32. The summed E-state index contributed by atoms with van der Waals surface area (Å²) in [5, 5.41) is 29.6. The summed E-state index contributed by atoms with van der Waals surface area (Å²) in [4.78, 5) is 16.8. The monoisotopic (exact) mass is 312 g/mol. The number of imidazole rings is 1. The van der Waals surface area contributed by atoms with Crippen LogP contribution in [-0.2, 0) is 9.57 Å². The first-order valence-electron chi connectivity index (χ1n) is 6.49. The predicted molar refractivity (Wildman–Crippen MR) is 71.2 cm³/mol. The van der Waals surface area contributed by atoms with Crippen molar-refractivity contribution in [3.8, 4) is 0 Å². The van der Waals surface area contributed by atoms with Crippen LogP contribution in [0.15, 0.2) is 12.7 Å². The number of anilines is 1. The van der Waals surface area contributed by atoms with Gasteiger partial charge in [-0.15, -0.1) is 0 Å². The van der Waals surface area contributed by atoms with Gasteiger partial charge in [-0.2, -0.15) is 0 Å². The lowest BCUT2D eigenvalue weighted by Gasteiger charge is -2.16. The van der Waals surface area contributed by atoms with Crippen LogP contribution in [-0.4, -0.2) is 72.1 Å². The largest absolute Gasteiger partial charge is 0.387 e. The van der Waals surface area contributed by atoms with Gasteiger partial charge in [0.2, 0.25) is 0 Å². The van der Waals surface area contributed by atoms with Gasteiger partial charge in [0.15, 0.2) is 17.7 Å². The number of aliphatic hydroxyl groups excluding tert-OH is 2. The van der Waals surface area contributed by atoms with E-state index in [0.29, 0.717) is 16.4 Å². The lowest BCUT2D eigenvalue weighted by molar-refractivity contribution is -0.333. The summed E-state index contributed by atoms with van der Waals surface area (Å²) in [7, 11) is 1.28. The van der Waals surface area contributed by atoms with Crippen LogP contribution in [0, 0.1) is 0 Å². The molecule has 120 valence electrons. The summed E-state index contributed by atoms with van der Waals surface area (Å²) in [5.41, 5.74) is 6.46. The van der Waals surface area contributed by atoms with Crippen LogP contribution in [0.1, 0.15) is 6.23 Å². The predicted octanol–water partition coefficient (Wildman–Crippen LogP) is -1.72. The third-order valence-electron chi connectivity index (χ3n) is 3.42. The maximum atomic E-state index is 10.2. The van der Waals surface area contributed by atoms with Crippen LogP contribution in [0.25, 0.3) is 11.2 Å². The van der Waals surface area contributed by atoms with Gasteiger partial charge >= 0.3 is 0 Å². The van der Waals surface area contributed by atoms with E-state index >= 15 is 0 Å². The molecule has 0 unspecified atom stereocenters. The Kier molecular flexibility index (Phi) is 3.90. The Hall–Kier alpha value is -1.89. The molecule has 11 heteroatoms. The van der Waals surface area contributed by atoms with Crippen molar-refractivity contribution in [3.05, 3.63) is 12.7 Å². The third-order valence-corrected chi connectivity index (χ3v) is 3.42. The Labute approximate surface area is 124 Å². The minimum atomic E-state index is -1.22. The van der Waals surface area contributed by atoms with Crippen molar-refractivity contribution in [2.75, 3.05) is 19.4 Å². The minimum Gasteiger partial charge on any atom is -0.387 e. The molecule has 0 saturated carbocycles. The number of nitrogen functional groups attached to an aromatic ring is 1. The Morgan fingerprint density at radius 2 is 2.14 bits per heavy atom. The van der Waals surface area contributed by atoms with Crippen molar-refractivity contribution in [3.63, 3.8) is 0 Å². The maximum absolute atomic E-state index is 10.2. The lowest BCUT2D eigenvalue weighted by atomic mass is 10.1. The van der Waals surface area contributed by atoms with E-state index in [2.05, 4.69) is 15.0 Å². The zero-order chi connectivity index (χ0) is 15.9. The maximum Gasteiger partial charge on any atom is 0.167 e. The van der Waals surface area contributed by atoms with Gasteiger partial charge in [0.1, 0.15) is 36.8 Å². The summed E-state index contributed by atoms with van der Waals surface area (Å²) >= 11 is 0. The summed E-state index contributed by atoms with van der Waals surface area (Å²) in [6, 6.07) is 0. The molecule has 1 aliphatic heterocycles. The van der Waals surface area contributed by atoms with Crippen molar-refractivity contribution in [1.29, 1.82) is 0 Å². The molecule has 1 aliphatic rings. The van der Waals surface area contributed by atoms with Gasteiger partial charge in [0, 0.05) is 7.05 Å². The van der Waals surface area contributed by atoms with Crippen LogP contribution in [0.4, 0.5) is 5.82 Å². The van der Waals surface area contributed by atoms with E-state index in [-0.39, 0.29) is 12.4 Å². The van der Waals surface area contributed by atoms with E-state index in [1.807, 2.05) is 0 Å². The minimum absolute atomic E-state index is 0.133. The van der Waals surface area contributed by atoms with E-state index < -0.39 is 24.5 Å². The fraction of sp³-hybridized carbons (Fsp3) is 0.545. The van der Waals surface area contributed by atoms with Crippen molar-refractivity contribution in [2.45, 2.75) is 24.5 Å². The molecule has 0 aliphatic carbocycles. The first-order valence-corrected chi connectivity index (χ1v) is 6.49. The lowest BCUT2D eigenvalue weighted by Crippen LogP contribution is -2.35. The molecule has 3 rings (SSSR count). The van der Waals surface area contributed by atoms with Crippen LogP contribution < -0.4 is 5.73 Å². The van der Waals surface area contributed by atoms with Crippen LogP contribution in [0.3, 0.4) is 0 Å². The number of nitrogens with zero attached hydrogens (tertiary/aromatic N) is 5. The fourth-order valence-corrected chi connectivity index (χ4v) is 2.33. The van der Waals surface area contributed by atoms with Crippen molar-refractivity contribution >= 4 is 17.0 Å². The molecule has 1 saturated heterocycles. The second-order valence-corrected chi connectivity index (χ2v) is 4.89. The zero-order valence-corrected chi connectivity index (χ0v) is 11.6. The van der Waals surface area contributed by atoms with Crippen LogP contribution in [0.2, 0.25) is 0 Å². The summed E-state index contributed by atoms with van der Waals surface area (Å²) < 4.78 is 7.05. The Morgan fingerprint density at radius 1 is 1.36 bits per heavy atom. The number of nitrogens with two attached hydrogens (primary N) is 1. The standard InChI is InChI=1S/C11H16N6O5/c1-16(20)21-2-5-7(18)8(19)11(22-5)17-4-15-6-9(12)13-3-14-10(6)17/h3-5,7-8,11,18-20H,2H2,1H3,(H2,12,13,14)/t5-,7-,8-,11-/m1/s1. The number of aromatic nitrogens is 4. The van der Waals surface area contributed by atoms with Crippen molar-refractivity contribution < 1.29 is 25.0 Å². The third kappa shape index (κ3) is 2.49. The van der Waals surface area contributed by atoms with Gasteiger partial charge in [0.25, 0.3) is 0 Å². The molecule has 0 amide bonds. The molecule has 5 N–H and O–H groups in total. The van der Waals surface area contributed by atoms with E-state index in [4.69, 9.17) is 20.5 Å². The molecule has 0 spiro atoms. The van der Waals surface area contributed by atoms with Gasteiger partial charge in [-0.25, -0.2) is 15.0 Å². The second kappa shape index (κ2) is 5.72. The topological polar surface area (TPSA) is 152 Å². The number of fused-ring (bicyclic) bond motifs is 1. The molecular weight excluding hydrogens is 296 g/mol. The molecule has 0 aromatic carbocycles. The molecular formula is C11H16N6O5. The number of hydrogen-bond acceptors (Lipinski definition) is 10. The molecule has 0 bridgehead atoms. The Balaban J connectivity index is 1.86. The highest BCUT2D eigenvalue weighted by atomic mass is 16.9. The summed E-state index contributed by atoms with van der Waals surface area (Å²) in [5.74, 6) is 0.207. The van der Waals surface area contributed by atoms with E-state index in [1.54, 1.807) is 0 Å². The van der Waals surface area contributed by atoms with Gasteiger partial charge in [-0.1, -0.05) is 5.23 Å². The normalized spacial score (nSPS) is 28.8. The molecule has 2 aromatic rings. The molecule has 1 fully saturated rings. The van der Waals surface area contributed by atoms with E-state index in [0.717, 1.165) is 0 Å². The van der Waals surface area contributed by atoms with Crippen LogP contribution >= 0.6 is 0 Å². The first kappa shape index (κ1) is 15.0. The summed E-state index contributed by atoms with van der Waals surface area (Å²) in [6.07, 6.45) is -1.47. The highest BCUT2D eigenvalue weighted by molar-refractivity contribution is 5.81. The van der Waals surface area contributed by atoms with E-state index in [9.17, 15) is 10.2 Å². The SMILES string of the molecule is CN(O)OC[C@H]1O[C@@H](n2cnc3c(N)ncnc32)[C@H](O)[C@@H]1O. The number of hydrogen-bond donors (Lipinski definition) is 4. The number of ether oxygens (including phenoxy) is 1. The number of rotatable bonds is 4. The van der Waals surface area contributed by atoms with Gasteiger partial charge in [-0.3, -0.25) is 14.6 Å². The zero-order valence-electron chi connectivity index (χ0n) is 11.6. The molecule has 2 aromatic heterocycles. The Bertz CT molecular complexity index is 663. The van der Waals surface area contributed by atoms with Gasteiger partial charge in [0.05, 0.1) is 6.33 Å². The average molecular weight is 312 g/mol. The summed E-state index contributed by atoms with van der Waals surface area (Å²) in [6.45, 7) is -0.133. The van der Waals surface area contributed by atoms with Crippen molar-refractivity contribution in [1.82, 2.24) is 24.7 Å². The van der Waals surface area contributed by atoms with Crippen molar-refractivity contribution in [2.24, 2.45) is 0 Å². The molecule has 0 radical (unpaired) electrons. The fourth-order valence-electron chi connectivity index (χ4n) is 2.33. The first-order chi connectivity index (χ1) is 10.5. The molecule has 22 heavy (non-hydrogen) atoms. The smallest absolute Gasteiger partial charge is 0.167 e. The second-order valence-electron chi connectivity index (χ2n) is 4.89. The average Bonchev–Trinajstić information content (AvgIpc) is 3.01. The Morgan fingerprint density at radius 3 is 2.86 bits per heavy atom. The number of aliphatic hydroxyl groups is 2. The molecule has 3 heterocycles. The van der Waals surface area contributed by atoms with E-state index in [1.165, 1.54) is 24.3 Å². The van der Waals surface area contributed by atoms with Crippen LogP contribution in [0.5, 0.6) is 0 Å². The molecule has 4 atom stereocenters. The quantitative estimate of drug-likeness (QED) is 0.479. The highest BCUT2D eigenvalue weighted by Gasteiger charge is 2.44. The van der Waals surface area contributed by atoms with Gasteiger partial charge < -0.3 is 20.7 Å². The van der Waals surface area contributed by atoms with Gasteiger partial charge in [-0.05, 0) is 0 Å². The number of hydroxylamine groups is 2. The molecule has 11 nitrogen and oxygen atoms in total.